The Morgan fingerprint density at radius 3 is 2.95 bits per heavy atom. The Morgan fingerprint density at radius 1 is 1.55 bits per heavy atom. The molecule has 1 aromatic rings. The van der Waals surface area contributed by atoms with Crippen LogP contribution in [0.1, 0.15) is 45.3 Å². The molecule has 20 heavy (non-hydrogen) atoms. The highest BCUT2D eigenvalue weighted by atomic mass is 16.6. The summed E-state index contributed by atoms with van der Waals surface area (Å²) < 4.78 is 7.50. The predicted molar refractivity (Wildman–Crippen MR) is 76.2 cm³/mol. The average molecular weight is 280 g/mol. The van der Waals surface area contributed by atoms with Crippen molar-refractivity contribution in [3.05, 3.63) is 18.2 Å². The molecule has 0 bridgehead atoms. The summed E-state index contributed by atoms with van der Waals surface area (Å²) in [5.41, 5.74) is 6.18. The lowest BCUT2D eigenvalue weighted by molar-refractivity contribution is 0.0219. The molecule has 0 radical (unpaired) electrons. The molecule has 0 saturated carbocycles. The standard InChI is InChI=1S/C14H24N4O2/c1-14(2,3)20-13(19)18-7-4-5-11(18)12-9-16-10-17(12)8-6-15/h9-11H,4-8,15H2,1-3H3. The number of nitrogens with two attached hydrogens (primary N) is 1. The van der Waals surface area contributed by atoms with Crippen LogP contribution in [-0.4, -0.2) is 39.2 Å². The fraction of sp³-hybridized carbons (Fsp3) is 0.714. The van der Waals surface area contributed by atoms with Gasteiger partial charge < -0.3 is 15.0 Å². The Morgan fingerprint density at radius 2 is 2.30 bits per heavy atom. The highest BCUT2D eigenvalue weighted by molar-refractivity contribution is 5.69. The molecular weight excluding hydrogens is 256 g/mol. The number of carbonyl (C=O) groups excluding carboxylic acids is 1. The number of rotatable bonds is 3. The SMILES string of the molecule is CC(C)(C)OC(=O)N1CCCC1c1cncn1CCN. The Balaban J connectivity index is 2.14. The van der Waals surface area contributed by atoms with Crippen molar-refractivity contribution < 1.29 is 9.53 Å². The largest absolute Gasteiger partial charge is 0.444 e. The number of amides is 1. The van der Waals surface area contributed by atoms with Gasteiger partial charge in [0.05, 0.1) is 24.3 Å². The Hall–Kier alpha value is -1.56. The number of nitrogens with zero attached hydrogens (tertiary/aromatic N) is 3. The molecule has 6 heteroatoms. The van der Waals surface area contributed by atoms with Crippen LogP contribution in [0.5, 0.6) is 0 Å². The van der Waals surface area contributed by atoms with E-state index in [0.717, 1.165) is 25.1 Å². The summed E-state index contributed by atoms with van der Waals surface area (Å²) in [5, 5.41) is 0. The maximum atomic E-state index is 12.3. The lowest BCUT2D eigenvalue weighted by Gasteiger charge is -2.29. The lowest BCUT2D eigenvalue weighted by atomic mass is 10.1. The number of likely N-dealkylation sites (tertiary alicyclic amines) is 1. The third kappa shape index (κ3) is 3.30. The van der Waals surface area contributed by atoms with Crippen LogP contribution in [0.3, 0.4) is 0 Å². The summed E-state index contributed by atoms with van der Waals surface area (Å²) in [6.07, 6.45) is 5.27. The van der Waals surface area contributed by atoms with Crippen LogP contribution in [0.4, 0.5) is 4.79 Å². The van der Waals surface area contributed by atoms with E-state index in [1.165, 1.54) is 0 Å². The molecule has 1 aliphatic rings. The molecule has 2 N–H and O–H groups in total. The first-order valence-corrected chi connectivity index (χ1v) is 7.12. The fourth-order valence-corrected chi connectivity index (χ4v) is 2.55. The molecule has 1 unspecified atom stereocenters. The van der Waals surface area contributed by atoms with E-state index in [2.05, 4.69) is 4.98 Å². The Bertz CT molecular complexity index is 464. The van der Waals surface area contributed by atoms with Gasteiger partial charge in [-0.1, -0.05) is 0 Å². The second-order valence-corrected chi connectivity index (χ2v) is 6.13. The van der Waals surface area contributed by atoms with Crippen molar-refractivity contribution >= 4 is 6.09 Å². The lowest BCUT2D eigenvalue weighted by Crippen LogP contribution is -2.37. The number of carbonyl (C=O) groups is 1. The molecule has 112 valence electrons. The van der Waals surface area contributed by atoms with Crippen LogP contribution in [-0.2, 0) is 11.3 Å². The van der Waals surface area contributed by atoms with Crippen LogP contribution >= 0.6 is 0 Å². The van der Waals surface area contributed by atoms with Crippen LogP contribution in [0, 0.1) is 0 Å². The van der Waals surface area contributed by atoms with Crippen LogP contribution in [0.15, 0.2) is 12.5 Å². The van der Waals surface area contributed by atoms with Crippen molar-refractivity contribution in [2.75, 3.05) is 13.1 Å². The number of imidazole rings is 1. The molecular formula is C14H24N4O2. The Labute approximate surface area is 119 Å². The Kier molecular flexibility index (Phi) is 4.32. The van der Waals surface area contributed by atoms with Gasteiger partial charge in [-0.05, 0) is 33.6 Å². The monoisotopic (exact) mass is 280 g/mol. The van der Waals surface area contributed by atoms with E-state index in [1.807, 2.05) is 31.5 Å². The van der Waals surface area contributed by atoms with Gasteiger partial charge in [-0.15, -0.1) is 0 Å². The van der Waals surface area contributed by atoms with Gasteiger partial charge in [0, 0.05) is 19.6 Å². The van der Waals surface area contributed by atoms with Gasteiger partial charge in [0.15, 0.2) is 0 Å². The zero-order valence-corrected chi connectivity index (χ0v) is 12.5. The number of ether oxygens (including phenoxy) is 1. The number of hydrogen-bond acceptors (Lipinski definition) is 4. The van der Waals surface area contributed by atoms with Gasteiger partial charge in [-0.25, -0.2) is 9.78 Å². The first-order valence-electron chi connectivity index (χ1n) is 7.12. The van der Waals surface area contributed by atoms with Crippen molar-refractivity contribution in [1.82, 2.24) is 14.5 Å². The molecule has 0 aliphatic carbocycles. The van der Waals surface area contributed by atoms with E-state index in [1.54, 1.807) is 11.2 Å². The maximum absolute atomic E-state index is 12.3. The summed E-state index contributed by atoms with van der Waals surface area (Å²) in [4.78, 5) is 18.3. The van der Waals surface area contributed by atoms with Gasteiger partial charge in [0.1, 0.15) is 5.60 Å². The molecule has 0 aromatic carbocycles. The summed E-state index contributed by atoms with van der Waals surface area (Å²) in [6, 6.07) is 0.0406. The number of hydrogen-bond donors (Lipinski definition) is 1. The van der Waals surface area contributed by atoms with E-state index < -0.39 is 5.60 Å². The molecule has 1 atom stereocenters. The topological polar surface area (TPSA) is 73.4 Å². The van der Waals surface area contributed by atoms with Crippen LogP contribution < -0.4 is 5.73 Å². The minimum absolute atomic E-state index is 0.0406. The van der Waals surface area contributed by atoms with Crippen LogP contribution in [0.25, 0.3) is 0 Å². The normalized spacial score (nSPS) is 19.4. The summed E-state index contributed by atoms with van der Waals surface area (Å²) in [6.45, 7) is 7.65. The second kappa shape index (κ2) is 5.83. The van der Waals surface area contributed by atoms with Crippen molar-refractivity contribution in [1.29, 1.82) is 0 Å². The maximum Gasteiger partial charge on any atom is 0.410 e. The molecule has 2 heterocycles. The quantitative estimate of drug-likeness (QED) is 0.918. The van der Waals surface area contributed by atoms with E-state index >= 15 is 0 Å². The first kappa shape index (κ1) is 14.8. The van der Waals surface area contributed by atoms with E-state index in [0.29, 0.717) is 13.1 Å². The third-order valence-electron chi connectivity index (χ3n) is 3.34. The minimum Gasteiger partial charge on any atom is -0.444 e. The van der Waals surface area contributed by atoms with Crippen molar-refractivity contribution in [2.24, 2.45) is 5.73 Å². The molecule has 1 amide bonds. The molecule has 1 fully saturated rings. The highest BCUT2D eigenvalue weighted by Gasteiger charge is 2.34. The van der Waals surface area contributed by atoms with Gasteiger partial charge in [0.25, 0.3) is 0 Å². The molecule has 2 rings (SSSR count). The highest BCUT2D eigenvalue weighted by Crippen LogP contribution is 2.32. The summed E-state index contributed by atoms with van der Waals surface area (Å²) in [5.74, 6) is 0. The van der Waals surface area contributed by atoms with E-state index in [-0.39, 0.29) is 12.1 Å². The zero-order valence-electron chi connectivity index (χ0n) is 12.5. The zero-order chi connectivity index (χ0) is 14.8. The van der Waals surface area contributed by atoms with Gasteiger partial charge in [-0.3, -0.25) is 4.90 Å². The molecule has 1 aromatic heterocycles. The smallest absolute Gasteiger partial charge is 0.410 e. The second-order valence-electron chi connectivity index (χ2n) is 6.13. The molecule has 1 aliphatic heterocycles. The van der Waals surface area contributed by atoms with Gasteiger partial charge in [-0.2, -0.15) is 0 Å². The molecule has 6 nitrogen and oxygen atoms in total. The van der Waals surface area contributed by atoms with E-state index in [9.17, 15) is 4.79 Å². The van der Waals surface area contributed by atoms with Crippen molar-refractivity contribution in [2.45, 2.75) is 51.8 Å². The predicted octanol–water partition coefficient (Wildman–Crippen LogP) is 1.91. The van der Waals surface area contributed by atoms with Gasteiger partial charge >= 0.3 is 6.09 Å². The van der Waals surface area contributed by atoms with Crippen molar-refractivity contribution in [3.8, 4) is 0 Å². The minimum atomic E-state index is -0.471. The first-order chi connectivity index (χ1) is 9.42. The summed E-state index contributed by atoms with van der Waals surface area (Å²) >= 11 is 0. The van der Waals surface area contributed by atoms with Gasteiger partial charge in [0.2, 0.25) is 0 Å². The summed E-state index contributed by atoms with van der Waals surface area (Å²) in [7, 11) is 0. The molecule has 0 spiro atoms. The fourth-order valence-electron chi connectivity index (χ4n) is 2.55. The van der Waals surface area contributed by atoms with E-state index in [4.69, 9.17) is 10.5 Å². The molecule has 1 saturated heterocycles. The number of aromatic nitrogens is 2. The third-order valence-corrected chi connectivity index (χ3v) is 3.34. The average Bonchev–Trinajstić information content (AvgIpc) is 2.93. The van der Waals surface area contributed by atoms with Crippen LogP contribution in [0.2, 0.25) is 0 Å². The van der Waals surface area contributed by atoms with Crippen molar-refractivity contribution in [3.63, 3.8) is 0 Å².